The smallest absolute Gasteiger partial charge is 0.474 e. The van der Waals surface area contributed by atoms with Gasteiger partial charge in [-0.3, -0.25) is 18.4 Å². The molecule has 0 aliphatic carbocycles. The van der Waals surface area contributed by atoms with Gasteiger partial charge in [0, 0.05) is 18.6 Å². The van der Waals surface area contributed by atoms with Crippen LogP contribution in [0, 0.1) is 5.41 Å². The molecule has 0 radical (unpaired) electrons. The predicted molar refractivity (Wildman–Crippen MR) is 277 cm³/mol. The van der Waals surface area contributed by atoms with Gasteiger partial charge >= 0.3 is 24.9 Å². The number of carbonyl (C=O) groups is 1. The zero-order valence-corrected chi connectivity index (χ0v) is 50.4. The molecule has 4 atom stereocenters. The molecule has 4 N–H and O–H groups in total. The third kappa shape index (κ3) is 38.1. The summed E-state index contributed by atoms with van der Waals surface area (Å²) in [7, 11) is -8.67. The van der Waals surface area contributed by atoms with Crippen LogP contribution < -0.4 is 17.7 Å². The van der Waals surface area contributed by atoms with Crippen molar-refractivity contribution in [2.75, 3.05) is 73.4 Å². The third-order valence-corrected chi connectivity index (χ3v) is 26.0. The van der Waals surface area contributed by atoms with E-state index in [9.17, 15) is 24.7 Å². The van der Waals surface area contributed by atoms with E-state index in [1.807, 2.05) is 0 Å². The topological polar surface area (TPSA) is 171 Å². The number of aliphatic hydroxyl groups excluding tert-OH is 3. The van der Waals surface area contributed by atoms with Crippen LogP contribution in [-0.2, 0) is 40.0 Å². The first-order chi connectivity index (χ1) is 30.1. The SMILES string of the molecule is CCCCCCCCCCCCCCCCCC[N+](C)(C)CC(O)COP(=O)(OCCCNC(=O)C(O)C(C)(C)CO)OCCOCCC[Si](C)(O[Si](C)(C)C)O[Si](C)(C)O[Si](C)(C)C.[Cl-]. The molecule has 0 aromatic rings. The molecular formula is C46H104ClN2O12PSi4. The molecule has 0 aliphatic heterocycles. The Morgan fingerprint density at radius 3 is 1.62 bits per heavy atom. The van der Waals surface area contributed by atoms with Crippen LogP contribution in [0.25, 0.3) is 0 Å². The highest BCUT2D eigenvalue weighted by Gasteiger charge is 2.44. The molecule has 0 saturated heterocycles. The van der Waals surface area contributed by atoms with Crippen LogP contribution in [0.4, 0.5) is 0 Å². The fourth-order valence-electron chi connectivity index (χ4n) is 7.94. The number of nitrogens with zero attached hydrogens (tertiary/aromatic N) is 1. The fourth-order valence-corrected chi connectivity index (χ4v) is 27.1. The minimum absolute atomic E-state index is 0. The molecule has 0 aliphatic rings. The Bertz CT molecular complexity index is 1280. The Morgan fingerprint density at radius 1 is 0.652 bits per heavy atom. The summed E-state index contributed by atoms with van der Waals surface area (Å²) in [5, 5.41) is 33.4. The van der Waals surface area contributed by atoms with Crippen molar-refractivity contribution in [2.24, 2.45) is 5.41 Å². The van der Waals surface area contributed by atoms with Gasteiger partial charge in [0.2, 0.25) is 5.91 Å². The van der Waals surface area contributed by atoms with Crippen LogP contribution in [0.15, 0.2) is 0 Å². The van der Waals surface area contributed by atoms with Gasteiger partial charge in [0.15, 0.2) is 16.6 Å². The second-order valence-electron chi connectivity index (χ2n) is 22.2. The number of phosphoric ester groups is 1. The zero-order chi connectivity index (χ0) is 49.7. The highest BCUT2D eigenvalue weighted by atomic mass is 35.5. The van der Waals surface area contributed by atoms with Crippen molar-refractivity contribution >= 4 is 47.5 Å². The Labute approximate surface area is 415 Å². The maximum atomic E-state index is 13.9. The Kier molecular flexibility index (Phi) is 36.9. The van der Waals surface area contributed by atoms with Gasteiger partial charge in [-0.15, -0.1) is 0 Å². The number of nitrogens with one attached hydrogen (secondary N) is 1. The van der Waals surface area contributed by atoms with Crippen molar-refractivity contribution in [1.29, 1.82) is 0 Å². The first kappa shape index (κ1) is 68.5. The molecule has 0 heterocycles. The fraction of sp³-hybridized carbons (Fsp3) is 0.978. The van der Waals surface area contributed by atoms with Crippen LogP contribution >= 0.6 is 7.82 Å². The van der Waals surface area contributed by atoms with Crippen LogP contribution in [0.1, 0.15) is 136 Å². The number of amides is 1. The number of likely N-dealkylation sites (N-methyl/N-ethyl adjacent to an activating group) is 1. The van der Waals surface area contributed by atoms with Gasteiger partial charge in [-0.25, -0.2) is 4.57 Å². The highest BCUT2D eigenvalue weighted by Crippen LogP contribution is 2.49. The van der Waals surface area contributed by atoms with Gasteiger partial charge in [-0.05, 0) is 90.7 Å². The number of carbonyl (C=O) groups excluding carboxylic acids is 1. The Morgan fingerprint density at radius 2 is 1.14 bits per heavy atom. The van der Waals surface area contributed by atoms with Crippen molar-refractivity contribution in [2.45, 2.75) is 214 Å². The molecule has 14 nitrogen and oxygen atoms in total. The van der Waals surface area contributed by atoms with E-state index in [-0.39, 0.29) is 58.4 Å². The van der Waals surface area contributed by atoms with E-state index in [1.165, 1.54) is 96.3 Å². The van der Waals surface area contributed by atoms with Crippen LogP contribution in [0.2, 0.25) is 65.0 Å². The quantitative estimate of drug-likeness (QED) is 0.0204. The first-order valence-electron chi connectivity index (χ1n) is 25.4. The number of phosphoric acid groups is 1. The van der Waals surface area contributed by atoms with Gasteiger partial charge in [0.1, 0.15) is 18.8 Å². The number of aliphatic hydroxyl groups is 3. The lowest BCUT2D eigenvalue weighted by Crippen LogP contribution is -3.00. The molecule has 0 spiro atoms. The standard InChI is InChI=1S/C46H103N2O12PSi4.ClH/c1-15-16-17-18-19-20-21-22-23-24-25-26-27-28-29-30-34-48(4,5)40-43(50)41-57-61(53,55-36-31-33-47-45(52)44(51)46(2,3)42-49)56-38-37-54-35-32-39-65(14,59-63(9,10)11)60-64(12,13)58-62(6,7)8;/h43-44,49-51H,15-42H2,1-14H3;1H. The average molecular weight is 1060 g/mol. The number of unbranched alkanes of at least 4 members (excludes halogenated alkanes) is 15. The van der Waals surface area contributed by atoms with Crippen molar-refractivity contribution in [3.8, 4) is 0 Å². The number of halogens is 1. The van der Waals surface area contributed by atoms with Crippen LogP contribution in [-0.4, -0.2) is 145 Å². The van der Waals surface area contributed by atoms with Gasteiger partial charge in [-0.2, -0.15) is 0 Å². The van der Waals surface area contributed by atoms with Crippen molar-refractivity contribution in [3.05, 3.63) is 0 Å². The summed E-state index contributed by atoms with van der Waals surface area (Å²) in [5.41, 5.74) is -1.00. The van der Waals surface area contributed by atoms with Crippen molar-refractivity contribution in [1.82, 2.24) is 5.32 Å². The number of rotatable bonds is 44. The predicted octanol–water partition coefficient (Wildman–Crippen LogP) is 7.63. The Hall–Kier alpha value is 0.418. The van der Waals surface area contributed by atoms with E-state index in [4.69, 9.17) is 30.7 Å². The number of quaternary nitrogens is 1. The summed E-state index contributed by atoms with van der Waals surface area (Å²) >= 11 is 0. The lowest BCUT2D eigenvalue weighted by molar-refractivity contribution is -0.893. The van der Waals surface area contributed by atoms with E-state index >= 15 is 0 Å². The molecule has 398 valence electrons. The minimum Gasteiger partial charge on any atom is -1.00 e. The maximum Gasteiger partial charge on any atom is 0.474 e. The molecule has 0 saturated carbocycles. The second kappa shape index (κ2) is 35.5. The molecular weight excluding hydrogens is 951 g/mol. The summed E-state index contributed by atoms with van der Waals surface area (Å²) in [5.74, 6) is -0.618. The molecule has 66 heavy (non-hydrogen) atoms. The summed E-state index contributed by atoms with van der Waals surface area (Å²) in [4.78, 5) is 12.4. The molecule has 0 bridgehead atoms. The largest absolute Gasteiger partial charge is 1.00 e. The molecule has 0 rings (SSSR count). The summed E-state index contributed by atoms with van der Waals surface area (Å²) < 4.78 is 57.4. The monoisotopic (exact) mass is 1050 g/mol. The minimum atomic E-state index is -4.13. The summed E-state index contributed by atoms with van der Waals surface area (Å²) in [6, 6.07) is 0.742. The van der Waals surface area contributed by atoms with Gasteiger partial charge < -0.3 is 54.6 Å². The Balaban J connectivity index is 0. The van der Waals surface area contributed by atoms with Gasteiger partial charge in [0.25, 0.3) is 0 Å². The van der Waals surface area contributed by atoms with E-state index in [0.29, 0.717) is 24.1 Å². The van der Waals surface area contributed by atoms with Crippen LogP contribution in [0.3, 0.4) is 0 Å². The van der Waals surface area contributed by atoms with Crippen LogP contribution in [0.5, 0.6) is 0 Å². The average Bonchev–Trinajstić information content (AvgIpc) is 3.17. The van der Waals surface area contributed by atoms with Gasteiger partial charge in [0.05, 0.1) is 53.7 Å². The molecule has 0 aromatic heterocycles. The number of hydrogen-bond donors (Lipinski definition) is 4. The number of ether oxygens (including phenoxy) is 1. The van der Waals surface area contributed by atoms with Crippen molar-refractivity contribution < 1.29 is 72.2 Å². The molecule has 0 aromatic carbocycles. The normalized spacial score (nSPS) is 15.8. The van der Waals surface area contributed by atoms with E-state index < -0.39 is 65.1 Å². The van der Waals surface area contributed by atoms with E-state index in [2.05, 4.69) is 85.3 Å². The maximum absolute atomic E-state index is 13.9. The number of hydrogen-bond acceptors (Lipinski definition) is 12. The van der Waals surface area contributed by atoms with Crippen molar-refractivity contribution in [3.63, 3.8) is 0 Å². The molecule has 1 amide bonds. The van der Waals surface area contributed by atoms with E-state index in [0.717, 1.165) is 19.0 Å². The highest BCUT2D eigenvalue weighted by molar-refractivity contribution is 7.48. The third-order valence-electron chi connectivity index (χ3n) is 10.9. The lowest BCUT2D eigenvalue weighted by atomic mass is 9.87. The summed E-state index contributed by atoms with van der Waals surface area (Å²) in [6.45, 7) is 26.1. The molecule has 0 fully saturated rings. The molecule has 20 heteroatoms. The molecule has 4 unspecified atom stereocenters. The second-order valence-corrected chi connectivity index (χ2v) is 40.3. The van der Waals surface area contributed by atoms with E-state index in [1.54, 1.807) is 13.8 Å². The van der Waals surface area contributed by atoms with Gasteiger partial charge in [-0.1, -0.05) is 111 Å². The summed E-state index contributed by atoms with van der Waals surface area (Å²) in [6.07, 6.45) is 19.9. The lowest BCUT2D eigenvalue weighted by Gasteiger charge is -2.41. The first-order valence-corrected chi connectivity index (χ1v) is 39.0. The zero-order valence-electron chi connectivity index (χ0n) is 44.7.